The Labute approximate surface area is 155 Å². The van der Waals surface area contributed by atoms with Crippen molar-refractivity contribution in [1.82, 2.24) is 5.32 Å². The molecule has 1 aliphatic carbocycles. The lowest BCUT2D eigenvalue weighted by molar-refractivity contribution is -0.460. The summed E-state index contributed by atoms with van der Waals surface area (Å²) in [5.74, 6) is 0.197. The van der Waals surface area contributed by atoms with E-state index in [0.29, 0.717) is 19.5 Å². The molecule has 1 amide bonds. The minimum atomic E-state index is -0.733. The summed E-state index contributed by atoms with van der Waals surface area (Å²) in [6, 6.07) is 10.1. The predicted octanol–water partition coefficient (Wildman–Crippen LogP) is 3.45. The van der Waals surface area contributed by atoms with Gasteiger partial charge in [-0.05, 0) is 39.2 Å². The van der Waals surface area contributed by atoms with Crippen LogP contribution in [0, 0.1) is 0 Å². The number of benzene rings is 1. The van der Waals surface area contributed by atoms with Crippen molar-refractivity contribution in [2.45, 2.75) is 70.6 Å². The molecular weight excluding hydrogens is 328 g/mol. The van der Waals surface area contributed by atoms with Crippen molar-refractivity contribution in [2.75, 3.05) is 6.54 Å². The Morgan fingerprint density at radius 1 is 1.19 bits per heavy atom. The molecule has 0 unspecified atom stereocenters. The number of amides is 1. The summed E-state index contributed by atoms with van der Waals surface area (Å²) in [4.78, 5) is 25.7. The molecule has 1 aromatic carbocycles. The average molecular weight is 357 g/mol. The third-order valence-electron chi connectivity index (χ3n) is 5.10. The summed E-state index contributed by atoms with van der Waals surface area (Å²) in [6.45, 7) is 6.83. The maximum atomic E-state index is 13.0. The van der Waals surface area contributed by atoms with Gasteiger partial charge in [0.05, 0.1) is 0 Å². The molecule has 140 valence electrons. The maximum absolute atomic E-state index is 13.0. The van der Waals surface area contributed by atoms with Gasteiger partial charge >= 0.3 is 6.09 Å². The van der Waals surface area contributed by atoms with E-state index in [1.807, 2.05) is 51.1 Å². The van der Waals surface area contributed by atoms with Gasteiger partial charge in [-0.2, -0.15) is 4.79 Å². The summed E-state index contributed by atoms with van der Waals surface area (Å²) in [5.41, 5.74) is 0.746. The van der Waals surface area contributed by atoms with Crippen molar-refractivity contribution in [1.29, 1.82) is 0 Å². The predicted molar refractivity (Wildman–Crippen MR) is 100 cm³/mol. The third-order valence-corrected chi connectivity index (χ3v) is 5.10. The van der Waals surface area contributed by atoms with Crippen LogP contribution in [0.5, 0.6) is 0 Å². The summed E-state index contributed by atoms with van der Waals surface area (Å²) in [7, 11) is 0. The first kappa shape index (κ1) is 18.8. The summed E-state index contributed by atoms with van der Waals surface area (Å²) in [6.07, 6.45) is 3.30. The van der Waals surface area contributed by atoms with Gasteiger partial charge in [0.15, 0.2) is 23.6 Å². The third kappa shape index (κ3) is 3.88. The number of hydrogen-bond donors (Lipinski definition) is 1. The number of nitrogens with zero attached hydrogens (tertiary/aromatic N) is 1. The zero-order chi connectivity index (χ0) is 18.8. The Balaban J connectivity index is 1.92. The Morgan fingerprint density at radius 3 is 2.62 bits per heavy atom. The molecule has 0 spiro atoms. The summed E-state index contributed by atoms with van der Waals surface area (Å²) in [5, 5.41) is 3.51. The molecule has 2 aliphatic rings. The molecule has 0 saturated heterocycles. The van der Waals surface area contributed by atoms with Crippen molar-refractivity contribution >= 4 is 17.6 Å². The van der Waals surface area contributed by atoms with Gasteiger partial charge in [0.2, 0.25) is 0 Å². The van der Waals surface area contributed by atoms with E-state index in [1.165, 1.54) is 0 Å². The van der Waals surface area contributed by atoms with Crippen LogP contribution in [0.1, 0.15) is 58.4 Å². The van der Waals surface area contributed by atoms with Crippen molar-refractivity contribution in [3.05, 3.63) is 35.9 Å². The minimum Gasteiger partial charge on any atom is -0.406 e. The van der Waals surface area contributed by atoms with E-state index in [-0.39, 0.29) is 11.9 Å². The molecule has 1 heterocycles. The number of ketones is 1. The second kappa shape index (κ2) is 7.31. The van der Waals surface area contributed by atoms with Gasteiger partial charge in [0, 0.05) is 25.8 Å². The topological polar surface area (TPSA) is 58.4 Å². The standard InChI is InChI=1S/C21H29N2O3/c1-20(2,3)26-19(25)23-14-8-13-21(17(23)11-7-12-18(21)24)22-15-16-9-5-4-6-10-16/h4-6,9-10,22H,7-8,11-15H2,1-3H3/q+1/t21-/m1/s1. The lowest BCUT2D eigenvalue weighted by Crippen LogP contribution is -2.64. The van der Waals surface area contributed by atoms with Gasteiger partial charge in [-0.15, -0.1) is 4.58 Å². The number of rotatable bonds is 3. The molecule has 1 atom stereocenters. The molecule has 0 aromatic heterocycles. The molecule has 5 heteroatoms. The molecule has 1 aromatic rings. The van der Waals surface area contributed by atoms with Crippen molar-refractivity contribution in [3.8, 4) is 0 Å². The van der Waals surface area contributed by atoms with E-state index in [9.17, 15) is 9.59 Å². The number of nitrogens with one attached hydrogen (secondary N) is 1. The van der Waals surface area contributed by atoms with Crippen LogP contribution in [0.2, 0.25) is 0 Å². The SMILES string of the molecule is CC(C)(C)OC(=O)[N+]1=C2CCCC(=O)[C@@]2(NCc2ccccc2)CCC1. The normalized spacial score (nSPS) is 23.6. The maximum Gasteiger partial charge on any atom is 0.596 e. The molecule has 0 bridgehead atoms. The zero-order valence-corrected chi connectivity index (χ0v) is 16.0. The van der Waals surface area contributed by atoms with Crippen molar-refractivity contribution in [2.24, 2.45) is 0 Å². The highest BCUT2D eigenvalue weighted by atomic mass is 16.6. The van der Waals surface area contributed by atoms with E-state index >= 15 is 0 Å². The van der Waals surface area contributed by atoms with Crippen LogP contribution >= 0.6 is 0 Å². The lowest BCUT2D eigenvalue weighted by atomic mass is 9.73. The van der Waals surface area contributed by atoms with Gasteiger partial charge in [-0.1, -0.05) is 30.3 Å². The van der Waals surface area contributed by atoms with Crippen LogP contribution in [-0.4, -0.2) is 39.8 Å². The second-order valence-corrected chi connectivity index (χ2v) is 8.20. The zero-order valence-electron chi connectivity index (χ0n) is 16.0. The number of carbonyl (C=O) groups is 2. The second-order valence-electron chi connectivity index (χ2n) is 8.20. The van der Waals surface area contributed by atoms with Gasteiger partial charge in [0.25, 0.3) is 0 Å². The van der Waals surface area contributed by atoms with Gasteiger partial charge < -0.3 is 4.74 Å². The highest BCUT2D eigenvalue weighted by Crippen LogP contribution is 2.31. The molecule has 1 aliphatic heterocycles. The van der Waals surface area contributed by atoms with E-state index in [1.54, 1.807) is 4.58 Å². The molecule has 5 nitrogen and oxygen atoms in total. The highest BCUT2D eigenvalue weighted by Gasteiger charge is 2.53. The molecule has 26 heavy (non-hydrogen) atoms. The van der Waals surface area contributed by atoms with Crippen LogP contribution in [0.25, 0.3) is 0 Å². The Kier molecular flexibility index (Phi) is 5.28. The van der Waals surface area contributed by atoms with E-state index in [0.717, 1.165) is 37.0 Å². The van der Waals surface area contributed by atoms with Gasteiger partial charge in [0.1, 0.15) is 5.60 Å². The molecule has 3 rings (SSSR count). The van der Waals surface area contributed by atoms with E-state index < -0.39 is 11.1 Å². The van der Waals surface area contributed by atoms with Crippen LogP contribution < -0.4 is 5.32 Å². The Morgan fingerprint density at radius 2 is 1.92 bits per heavy atom. The van der Waals surface area contributed by atoms with Crippen LogP contribution in [0.4, 0.5) is 4.79 Å². The first-order valence-corrected chi connectivity index (χ1v) is 9.51. The Bertz CT molecular complexity index is 719. The fraction of sp³-hybridized carbons (Fsp3) is 0.571. The van der Waals surface area contributed by atoms with Gasteiger partial charge in [-0.3, -0.25) is 10.1 Å². The fourth-order valence-electron chi connectivity index (χ4n) is 3.95. The number of fused-ring (bicyclic) bond motifs is 1. The number of carbonyl (C=O) groups excluding carboxylic acids is 2. The minimum absolute atomic E-state index is 0.197. The highest BCUT2D eigenvalue weighted by molar-refractivity contribution is 6.14. The lowest BCUT2D eigenvalue weighted by Gasteiger charge is -2.38. The number of hydrogen-bond acceptors (Lipinski definition) is 4. The Hall–Kier alpha value is -2.01. The summed E-state index contributed by atoms with van der Waals surface area (Å²) >= 11 is 0. The fourth-order valence-corrected chi connectivity index (χ4v) is 3.95. The van der Waals surface area contributed by atoms with Crippen LogP contribution in [0.3, 0.4) is 0 Å². The smallest absolute Gasteiger partial charge is 0.406 e. The van der Waals surface area contributed by atoms with E-state index in [2.05, 4.69) is 5.32 Å². The van der Waals surface area contributed by atoms with E-state index in [4.69, 9.17) is 4.74 Å². The molecular formula is C21H29N2O3+. The average Bonchev–Trinajstić information content (AvgIpc) is 2.60. The van der Waals surface area contributed by atoms with Crippen LogP contribution in [-0.2, 0) is 16.1 Å². The molecule has 1 fully saturated rings. The molecule has 0 radical (unpaired) electrons. The largest absolute Gasteiger partial charge is 0.596 e. The van der Waals surface area contributed by atoms with Gasteiger partial charge in [-0.25, -0.2) is 0 Å². The monoisotopic (exact) mass is 357 g/mol. The quantitative estimate of drug-likeness (QED) is 0.842. The molecule has 1 N–H and O–H groups in total. The number of ether oxygens (including phenoxy) is 1. The molecule has 1 saturated carbocycles. The van der Waals surface area contributed by atoms with Crippen LogP contribution in [0.15, 0.2) is 30.3 Å². The summed E-state index contributed by atoms with van der Waals surface area (Å²) < 4.78 is 7.31. The first-order chi connectivity index (χ1) is 12.3. The number of Topliss-reactive ketones (excluding diaryl/α,β-unsaturated/α-hetero) is 1. The van der Waals surface area contributed by atoms with Crippen molar-refractivity contribution in [3.63, 3.8) is 0 Å². The van der Waals surface area contributed by atoms with Crippen molar-refractivity contribution < 1.29 is 18.9 Å². The first-order valence-electron chi connectivity index (χ1n) is 9.51.